The lowest BCUT2D eigenvalue weighted by molar-refractivity contribution is 0.259. The number of rotatable bonds is 6. The summed E-state index contributed by atoms with van der Waals surface area (Å²) in [4.78, 5) is 6.89. The van der Waals surface area contributed by atoms with Crippen molar-refractivity contribution in [2.45, 2.75) is 20.8 Å². The predicted octanol–water partition coefficient (Wildman–Crippen LogP) is 1.56. The first-order valence-corrected chi connectivity index (χ1v) is 5.57. The van der Waals surface area contributed by atoms with E-state index in [4.69, 9.17) is 0 Å². The average molecular weight is 196 g/mol. The Morgan fingerprint density at radius 3 is 2.14 bits per heavy atom. The number of hydrogen-bond donors (Lipinski definition) is 0. The van der Waals surface area contributed by atoms with Crippen molar-refractivity contribution in [1.82, 2.24) is 14.7 Å². The van der Waals surface area contributed by atoms with Crippen LogP contribution < -0.4 is 0 Å². The van der Waals surface area contributed by atoms with E-state index in [0.717, 1.165) is 32.7 Å². The highest BCUT2D eigenvalue weighted by atomic mass is 15.3. The molecule has 81 valence electrons. The third-order valence-electron chi connectivity index (χ3n) is 2.68. The molecule has 0 aromatic carbocycles. The van der Waals surface area contributed by atoms with Crippen molar-refractivity contribution < 1.29 is 0 Å². The molecule has 0 aliphatic carbocycles. The van der Waals surface area contributed by atoms with Gasteiger partial charge in [0.05, 0.1) is 0 Å². The van der Waals surface area contributed by atoms with Gasteiger partial charge < -0.3 is 14.7 Å². The van der Waals surface area contributed by atoms with Gasteiger partial charge in [0, 0.05) is 32.0 Å². The van der Waals surface area contributed by atoms with Gasteiger partial charge in [-0.1, -0.05) is 13.8 Å². The fraction of sp³-hybridized carbons (Fsp3) is 0.727. The van der Waals surface area contributed by atoms with Gasteiger partial charge in [0.2, 0.25) is 0 Å². The smallest absolute Gasteiger partial charge is 0.141 e. The highest BCUT2D eigenvalue weighted by Crippen LogP contribution is 2.09. The minimum Gasteiger partial charge on any atom is -0.353 e. The maximum absolute atomic E-state index is 2.44. The Balaban J connectivity index is 2.17. The Kier molecular flexibility index (Phi) is 4.80. The molecule has 0 bridgehead atoms. The van der Waals surface area contributed by atoms with Crippen molar-refractivity contribution in [2.24, 2.45) is 0 Å². The summed E-state index contributed by atoms with van der Waals surface area (Å²) in [6, 6.07) is 0. The molecule has 1 aliphatic rings. The third-order valence-corrected chi connectivity index (χ3v) is 2.68. The average Bonchev–Trinajstić information content (AvgIpc) is 2.67. The van der Waals surface area contributed by atoms with Crippen LogP contribution in [-0.4, -0.2) is 47.4 Å². The largest absolute Gasteiger partial charge is 0.353 e. The van der Waals surface area contributed by atoms with E-state index < -0.39 is 0 Å². The van der Waals surface area contributed by atoms with Crippen LogP contribution in [0, 0.1) is 6.67 Å². The lowest BCUT2D eigenvalue weighted by atomic mass is 10.4. The molecule has 0 N–H and O–H groups in total. The first-order valence-electron chi connectivity index (χ1n) is 5.57. The molecule has 1 radical (unpaired) electrons. The zero-order valence-corrected chi connectivity index (χ0v) is 9.61. The molecule has 14 heavy (non-hydrogen) atoms. The predicted molar refractivity (Wildman–Crippen MR) is 60.3 cm³/mol. The molecule has 0 atom stereocenters. The topological polar surface area (TPSA) is 9.72 Å². The molecule has 0 aromatic rings. The molecule has 0 fully saturated rings. The first kappa shape index (κ1) is 11.4. The number of nitrogens with zero attached hydrogens (tertiary/aromatic N) is 3. The maximum atomic E-state index is 2.44. The second-order valence-corrected chi connectivity index (χ2v) is 3.51. The van der Waals surface area contributed by atoms with Crippen molar-refractivity contribution in [2.75, 3.05) is 32.7 Å². The third kappa shape index (κ3) is 3.22. The van der Waals surface area contributed by atoms with Crippen molar-refractivity contribution in [3.63, 3.8) is 0 Å². The zero-order valence-electron chi connectivity index (χ0n) is 9.61. The second kappa shape index (κ2) is 5.91. The van der Waals surface area contributed by atoms with Crippen molar-refractivity contribution in [1.29, 1.82) is 0 Å². The van der Waals surface area contributed by atoms with E-state index in [0.29, 0.717) is 0 Å². The van der Waals surface area contributed by atoms with E-state index in [9.17, 15) is 0 Å². The fourth-order valence-corrected chi connectivity index (χ4v) is 1.55. The quantitative estimate of drug-likeness (QED) is 0.638. The van der Waals surface area contributed by atoms with Crippen LogP contribution in [0.2, 0.25) is 0 Å². The highest BCUT2D eigenvalue weighted by molar-refractivity contribution is 4.96. The van der Waals surface area contributed by atoms with Crippen LogP contribution in [0.1, 0.15) is 20.8 Å². The van der Waals surface area contributed by atoms with Gasteiger partial charge in [-0.3, -0.25) is 0 Å². The SMILES string of the molecule is CCN1[CH]N(CCN(CC)CC)C=C1. The molecule has 0 saturated carbocycles. The first-order chi connectivity index (χ1) is 6.80. The molecule has 1 aliphatic heterocycles. The maximum Gasteiger partial charge on any atom is 0.141 e. The van der Waals surface area contributed by atoms with E-state index in [1.165, 1.54) is 0 Å². The highest BCUT2D eigenvalue weighted by Gasteiger charge is 2.11. The minimum absolute atomic E-state index is 1.05. The lowest BCUT2D eigenvalue weighted by Gasteiger charge is -2.23. The van der Waals surface area contributed by atoms with E-state index in [-0.39, 0.29) is 0 Å². The summed E-state index contributed by atoms with van der Waals surface area (Å²) in [6.45, 7) is 14.3. The van der Waals surface area contributed by atoms with E-state index >= 15 is 0 Å². The van der Waals surface area contributed by atoms with Crippen molar-refractivity contribution >= 4 is 0 Å². The van der Waals surface area contributed by atoms with Crippen LogP contribution in [0.4, 0.5) is 0 Å². The van der Waals surface area contributed by atoms with E-state index in [2.05, 4.69) is 54.5 Å². The molecule has 3 heteroatoms. The number of likely N-dealkylation sites (N-methyl/N-ethyl adjacent to an activating group) is 1. The van der Waals surface area contributed by atoms with Gasteiger partial charge in [0.1, 0.15) is 6.67 Å². The number of hydrogen-bond acceptors (Lipinski definition) is 3. The standard InChI is InChI=1S/C11H22N3/c1-4-12(5-2)7-9-14-10-8-13(6-3)11-14/h8,10-11H,4-7,9H2,1-3H3. The lowest BCUT2D eigenvalue weighted by Crippen LogP contribution is -2.32. The molecule has 0 unspecified atom stereocenters. The minimum atomic E-state index is 1.05. The van der Waals surface area contributed by atoms with Gasteiger partial charge in [0.15, 0.2) is 0 Å². The van der Waals surface area contributed by atoms with E-state index in [1.807, 2.05) is 0 Å². The van der Waals surface area contributed by atoms with Crippen LogP contribution in [0.3, 0.4) is 0 Å². The summed E-state index contributed by atoms with van der Waals surface area (Å²) in [5, 5.41) is 0. The normalized spacial score (nSPS) is 16.0. The van der Waals surface area contributed by atoms with Gasteiger partial charge in [0.25, 0.3) is 0 Å². The van der Waals surface area contributed by atoms with Gasteiger partial charge in [-0.15, -0.1) is 0 Å². The van der Waals surface area contributed by atoms with Crippen LogP contribution in [0.25, 0.3) is 0 Å². The molecule has 0 spiro atoms. The fourth-order valence-electron chi connectivity index (χ4n) is 1.55. The Labute approximate surface area is 88.0 Å². The summed E-state index contributed by atoms with van der Waals surface area (Å²) >= 11 is 0. The van der Waals surface area contributed by atoms with Crippen molar-refractivity contribution in [3.05, 3.63) is 19.1 Å². The zero-order chi connectivity index (χ0) is 10.4. The Morgan fingerprint density at radius 1 is 1.00 bits per heavy atom. The van der Waals surface area contributed by atoms with Gasteiger partial charge in [-0.25, -0.2) is 0 Å². The van der Waals surface area contributed by atoms with Crippen LogP contribution >= 0.6 is 0 Å². The van der Waals surface area contributed by atoms with E-state index in [1.54, 1.807) is 0 Å². The molecule has 1 rings (SSSR count). The molecular weight excluding hydrogens is 174 g/mol. The molecule has 1 heterocycles. The van der Waals surface area contributed by atoms with Gasteiger partial charge in [-0.2, -0.15) is 0 Å². The molecule has 3 nitrogen and oxygen atoms in total. The summed E-state index contributed by atoms with van der Waals surface area (Å²) < 4.78 is 0. The summed E-state index contributed by atoms with van der Waals surface area (Å²) in [7, 11) is 0. The molecule has 0 amide bonds. The van der Waals surface area contributed by atoms with Gasteiger partial charge >= 0.3 is 0 Å². The van der Waals surface area contributed by atoms with Crippen LogP contribution in [0.5, 0.6) is 0 Å². The summed E-state index contributed by atoms with van der Waals surface area (Å²) in [6.07, 6.45) is 4.27. The Morgan fingerprint density at radius 2 is 1.64 bits per heavy atom. The summed E-state index contributed by atoms with van der Waals surface area (Å²) in [5.41, 5.74) is 0. The Bertz CT molecular complexity index is 175. The molecular formula is C11H22N3. The van der Waals surface area contributed by atoms with Crippen LogP contribution in [0.15, 0.2) is 12.4 Å². The van der Waals surface area contributed by atoms with Crippen LogP contribution in [-0.2, 0) is 0 Å². The Hall–Kier alpha value is -0.700. The van der Waals surface area contributed by atoms with Gasteiger partial charge in [-0.05, 0) is 20.0 Å². The van der Waals surface area contributed by atoms with Crippen molar-refractivity contribution in [3.8, 4) is 0 Å². The summed E-state index contributed by atoms with van der Waals surface area (Å²) in [5.74, 6) is 0. The second-order valence-electron chi connectivity index (χ2n) is 3.51. The molecule has 0 aromatic heterocycles. The monoisotopic (exact) mass is 196 g/mol. The molecule has 0 saturated heterocycles.